The average molecular weight is 367 g/mol. The molecule has 2 aromatic rings. The molecule has 5 nitrogen and oxygen atoms in total. The summed E-state index contributed by atoms with van der Waals surface area (Å²) in [6.07, 6.45) is 3.47. The van der Waals surface area contributed by atoms with Crippen molar-refractivity contribution in [2.24, 2.45) is 0 Å². The minimum atomic E-state index is -3.03. The predicted octanol–water partition coefficient (Wildman–Crippen LogP) is 2.02. The third-order valence-electron chi connectivity index (χ3n) is 2.63. The molecule has 0 fully saturated rings. The van der Waals surface area contributed by atoms with Gasteiger partial charge in [0, 0.05) is 35.8 Å². The number of pyridine rings is 1. The number of nitrogens with zero attached hydrogens (tertiary/aromatic N) is 3. The fraction of sp³-hybridized carbons (Fsp3) is 0.455. The van der Waals surface area contributed by atoms with Crippen LogP contribution in [0.4, 0.5) is 0 Å². The Morgan fingerprint density at radius 3 is 2.84 bits per heavy atom. The summed E-state index contributed by atoms with van der Waals surface area (Å²) in [4.78, 5) is 8.76. The smallest absolute Gasteiger partial charge is 0.160 e. The van der Waals surface area contributed by atoms with E-state index in [4.69, 9.17) is 11.6 Å². The van der Waals surface area contributed by atoms with Crippen molar-refractivity contribution in [3.05, 3.63) is 22.6 Å². The summed E-state index contributed by atoms with van der Waals surface area (Å²) >= 11 is 9.10. The number of imidazole rings is 1. The van der Waals surface area contributed by atoms with Crippen LogP contribution in [0.5, 0.6) is 0 Å². The van der Waals surface area contributed by atoms with Gasteiger partial charge in [-0.3, -0.25) is 0 Å². The number of hydrogen-bond acceptors (Lipinski definition) is 4. The number of aromatic nitrogens is 3. The van der Waals surface area contributed by atoms with Crippen LogP contribution in [0.3, 0.4) is 0 Å². The van der Waals surface area contributed by atoms with Gasteiger partial charge in [0.05, 0.1) is 5.75 Å². The van der Waals surface area contributed by atoms with Gasteiger partial charge in [-0.2, -0.15) is 0 Å². The Labute approximate surface area is 125 Å². The van der Waals surface area contributed by atoms with Crippen LogP contribution in [0.25, 0.3) is 11.2 Å². The van der Waals surface area contributed by atoms with Gasteiger partial charge in [0.1, 0.15) is 21.2 Å². The molecule has 0 atom stereocenters. The summed E-state index contributed by atoms with van der Waals surface area (Å²) in [5, 5.41) is 0. The van der Waals surface area contributed by atoms with E-state index in [9.17, 15) is 8.42 Å². The molecule has 2 rings (SSSR count). The fourth-order valence-corrected chi connectivity index (χ4v) is 2.80. The molecule has 19 heavy (non-hydrogen) atoms. The highest BCUT2D eigenvalue weighted by atomic mass is 79.9. The molecule has 2 heterocycles. The molecule has 0 saturated heterocycles. The number of halogens is 2. The lowest BCUT2D eigenvalue weighted by molar-refractivity contribution is 0.593. The standard InChI is InChI=1S/C11H13BrClN3O2S/c1-19(17,18)5-4-16-10(2-3-13)15-9-6-8(12)7-14-11(9)16/h6-7H,2-5H2,1H3. The Bertz CT molecular complexity index is 699. The molecule has 0 aliphatic heterocycles. The molecule has 104 valence electrons. The second-order valence-corrected chi connectivity index (χ2v) is 7.80. The van der Waals surface area contributed by atoms with Crippen molar-refractivity contribution in [2.45, 2.75) is 13.0 Å². The Morgan fingerprint density at radius 2 is 2.21 bits per heavy atom. The molecule has 0 amide bonds. The predicted molar refractivity (Wildman–Crippen MR) is 79.4 cm³/mol. The molecule has 0 N–H and O–H groups in total. The SMILES string of the molecule is CS(=O)(=O)CCn1c(CCCl)nc2cc(Br)cnc21. The first kappa shape index (κ1) is 14.7. The summed E-state index contributed by atoms with van der Waals surface area (Å²) in [5.41, 5.74) is 1.43. The van der Waals surface area contributed by atoms with E-state index < -0.39 is 9.84 Å². The maximum absolute atomic E-state index is 11.3. The zero-order chi connectivity index (χ0) is 14.0. The van der Waals surface area contributed by atoms with E-state index in [2.05, 4.69) is 25.9 Å². The van der Waals surface area contributed by atoms with Gasteiger partial charge in [0.15, 0.2) is 5.65 Å². The highest BCUT2D eigenvalue weighted by Gasteiger charge is 2.13. The highest BCUT2D eigenvalue weighted by Crippen LogP contribution is 2.19. The van der Waals surface area contributed by atoms with Crippen molar-refractivity contribution in [2.75, 3.05) is 17.9 Å². The minimum absolute atomic E-state index is 0.0610. The van der Waals surface area contributed by atoms with E-state index in [1.165, 1.54) is 6.26 Å². The van der Waals surface area contributed by atoms with E-state index in [1.807, 2.05) is 10.6 Å². The maximum Gasteiger partial charge on any atom is 0.160 e. The van der Waals surface area contributed by atoms with Crippen LogP contribution in [-0.2, 0) is 22.8 Å². The van der Waals surface area contributed by atoms with E-state index in [-0.39, 0.29) is 5.75 Å². The molecule has 0 spiro atoms. The first-order valence-corrected chi connectivity index (χ1v) is 9.04. The van der Waals surface area contributed by atoms with Gasteiger partial charge in [-0.1, -0.05) is 0 Å². The van der Waals surface area contributed by atoms with Crippen LogP contribution in [0.2, 0.25) is 0 Å². The quantitative estimate of drug-likeness (QED) is 0.759. The Kier molecular flexibility index (Phi) is 4.47. The number of hydrogen-bond donors (Lipinski definition) is 0. The summed E-state index contributed by atoms with van der Waals surface area (Å²) in [6, 6.07) is 1.86. The summed E-state index contributed by atoms with van der Waals surface area (Å²) in [7, 11) is -3.03. The van der Waals surface area contributed by atoms with Gasteiger partial charge in [-0.15, -0.1) is 11.6 Å². The molecular formula is C11H13BrClN3O2S. The van der Waals surface area contributed by atoms with E-state index >= 15 is 0 Å². The zero-order valence-corrected chi connectivity index (χ0v) is 13.5. The highest BCUT2D eigenvalue weighted by molar-refractivity contribution is 9.10. The van der Waals surface area contributed by atoms with Crippen molar-refractivity contribution in [1.82, 2.24) is 14.5 Å². The lowest BCUT2D eigenvalue weighted by atomic mass is 10.4. The zero-order valence-electron chi connectivity index (χ0n) is 10.3. The molecule has 2 aromatic heterocycles. The van der Waals surface area contributed by atoms with Crippen LogP contribution < -0.4 is 0 Å². The van der Waals surface area contributed by atoms with Crippen LogP contribution in [-0.4, -0.2) is 40.8 Å². The third kappa shape index (κ3) is 3.67. The summed E-state index contributed by atoms with van der Waals surface area (Å²) in [6.45, 7) is 0.343. The van der Waals surface area contributed by atoms with Gasteiger partial charge in [-0.25, -0.2) is 18.4 Å². The van der Waals surface area contributed by atoms with Gasteiger partial charge >= 0.3 is 0 Å². The number of aryl methyl sites for hydroxylation is 2. The monoisotopic (exact) mass is 365 g/mol. The van der Waals surface area contributed by atoms with Gasteiger partial charge in [0.25, 0.3) is 0 Å². The van der Waals surface area contributed by atoms with Gasteiger partial charge < -0.3 is 4.57 Å². The molecule has 8 heteroatoms. The molecule has 0 aliphatic rings. The number of fused-ring (bicyclic) bond motifs is 1. The Balaban J connectivity index is 2.45. The number of rotatable bonds is 5. The number of alkyl halides is 1. The van der Waals surface area contributed by atoms with Crippen LogP contribution in [0, 0.1) is 0 Å². The average Bonchev–Trinajstić information content (AvgIpc) is 2.62. The summed E-state index contributed by atoms with van der Waals surface area (Å²) < 4.78 is 25.3. The maximum atomic E-state index is 11.3. The van der Waals surface area contributed by atoms with Gasteiger partial charge in [0.2, 0.25) is 0 Å². The normalized spacial score (nSPS) is 12.2. The van der Waals surface area contributed by atoms with Crippen LogP contribution >= 0.6 is 27.5 Å². The molecule has 0 aromatic carbocycles. The largest absolute Gasteiger partial charge is 0.312 e. The molecule has 0 unspecified atom stereocenters. The molecule has 0 saturated carbocycles. The minimum Gasteiger partial charge on any atom is -0.312 e. The Hall–Kier alpha value is -0.660. The second-order valence-electron chi connectivity index (χ2n) is 4.24. The van der Waals surface area contributed by atoms with E-state index in [0.29, 0.717) is 24.5 Å². The van der Waals surface area contributed by atoms with E-state index in [0.717, 1.165) is 15.8 Å². The lowest BCUT2D eigenvalue weighted by Gasteiger charge is -2.06. The van der Waals surface area contributed by atoms with Crippen LogP contribution in [0.15, 0.2) is 16.7 Å². The van der Waals surface area contributed by atoms with Crippen molar-refractivity contribution in [3.63, 3.8) is 0 Å². The molecule has 0 radical (unpaired) electrons. The molecular weight excluding hydrogens is 354 g/mol. The van der Waals surface area contributed by atoms with Crippen molar-refractivity contribution >= 4 is 48.5 Å². The first-order chi connectivity index (χ1) is 8.90. The van der Waals surface area contributed by atoms with Crippen LogP contribution in [0.1, 0.15) is 5.82 Å². The third-order valence-corrected chi connectivity index (χ3v) is 4.18. The van der Waals surface area contributed by atoms with Crippen molar-refractivity contribution in [3.8, 4) is 0 Å². The van der Waals surface area contributed by atoms with Crippen molar-refractivity contribution < 1.29 is 8.42 Å². The second kappa shape index (κ2) is 5.76. The topological polar surface area (TPSA) is 64.8 Å². The van der Waals surface area contributed by atoms with E-state index in [1.54, 1.807) is 6.20 Å². The molecule has 0 bridgehead atoms. The first-order valence-electron chi connectivity index (χ1n) is 5.65. The Morgan fingerprint density at radius 1 is 1.47 bits per heavy atom. The number of sulfone groups is 1. The lowest BCUT2D eigenvalue weighted by Crippen LogP contribution is -2.14. The summed E-state index contributed by atoms with van der Waals surface area (Å²) in [5.74, 6) is 1.26. The molecule has 0 aliphatic carbocycles. The van der Waals surface area contributed by atoms with Crippen molar-refractivity contribution in [1.29, 1.82) is 0 Å². The van der Waals surface area contributed by atoms with Gasteiger partial charge in [-0.05, 0) is 22.0 Å². The fourth-order valence-electron chi connectivity index (χ4n) is 1.80.